The maximum atomic E-state index is 6.21. The third kappa shape index (κ3) is 4.34. The molecule has 6 rings (SSSR count). The summed E-state index contributed by atoms with van der Waals surface area (Å²) in [5, 5.41) is 4.03. The van der Waals surface area contributed by atoms with Crippen molar-refractivity contribution >= 4 is 40.3 Å². The van der Waals surface area contributed by atoms with Crippen LogP contribution >= 0.6 is 23.4 Å². The first kappa shape index (κ1) is 23.4. The molecule has 3 aliphatic heterocycles. The lowest BCUT2D eigenvalue weighted by Gasteiger charge is -2.40. The molecule has 1 N–H and O–H groups in total. The van der Waals surface area contributed by atoms with Gasteiger partial charge in [-0.05, 0) is 48.7 Å². The van der Waals surface area contributed by atoms with Crippen molar-refractivity contribution < 1.29 is 4.90 Å². The van der Waals surface area contributed by atoms with Crippen LogP contribution in [0.2, 0.25) is 5.02 Å². The molecule has 180 valence electrons. The smallest absolute Gasteiger partial charge is 0.174 e. The molecular formula is C31H29ClN3S+. The normalized spacial score (nSPS) is 22.3. The Kier molecular flexibility index (Phi) is 6.12. The van der Waals surface area contributed by atoms with Gasteiger partial charge in [0, 0.05) is 21.6 Å². The summed E-state index contributed by atoms with van der Waals surface area (Å²) in [5.41, 5.74) is 11.3. The van der Waals surface area contributed by atoms with E-state index in [4.69, 9.17) is 16.6 Å². The highest BCUT2D eigenvalue weighted by Gasteiger charge is 2.42. The zero-order valence-corrected chi connectivity index (χ0v) is 22.3. The van der Waals surface area contributed by atoms with Crippen LogP contribution in [0.15, 0.2) is 100 Å². The molecule has 0 fully saturated rings. The Labute approximate surface area is 222 Å². The molecule has 3 aromatic carbocycles. The van der Waals surface area contributed by atoms with E-state index < -0.39 is 0 Å². The van der Waals surface area contributed by atoms with E-state index in [0.29, 0.717) is 0 Å². The number of likely N-dealkylation sites (N-methyl/N-ethyl adjacent to an activating group) is 1. The number of halogens is 1. The van der Waals surface area contributed by atoms with E-state index in [0.717, 1.165) is 34.5 Å². The average Bonchev–Trinajstić information content (AvgIpc) is 3.29. The standard InChI is InChI=1S/C31H28ClN3S/c1-20-4-8-22(9-5-20)16-25-17-34(3)18-27-29(25)33-31-35(30(27)24-10-6-21(2)7-11-24)28(19-36-31)23-12-14-26(32)15-13-23/h4-16,19,30H,17-18H2,1-3H3/p+1/b25-16+/t30-/m1/s1. The van der Waals surface area contributed by atoms with Crippen LogP contribution in [-0.2, 0) is 0 Å². The Hall–Kier alpha value is -3.05. The van der Waals surface area contributed by atoms with Gasteiger partial charge in [0.1, 0.15) is 13.1 Å². The largest absolute Gasteiger partial charge is 0.330 e. The molecule has 3 aromatic rings. The van der Waals surface area contributed by atoms with Crippen LogP contribution in [0.25, 0.3) is 11.8 Å². The molecule has 0 aliphatic carbocycles. The predicted octanol–water partition coefficient (Wildman–Crippen LogP) is 6.28. The lowest BCUT2D eigenvalue weighted by molar-refractivity contribution is -0.871. The first-order valence-corrected chi connectivity index (χ1v) is 13.6. The number of hydrogen-bond acceptors (Lipinski definition) is 3. The van der Waals surface area contributed by atoms with E-state index in [-0.39, 0.29) is 6.04 Å². The maximum absolute atomic E-state index is 6.21. The molecule has 3 nitrogen and oxygen atoms in total. The SMILES string of the molecule is Cc1ccc(/C=C2\C[NH+](C)CC3=C2N=C2SC=C(c4ccc(Cl)cc4)N2[C@@H]3c2ccc(C)cc2)cc1. The fraction of sp³-hybridized carbons (Fsp3) is 0.194. The molecule has 2 atom stereocenters. The van der Waals surface area contributed by atoms with Crippen LogP contribution in [0.1, 0.15) is 33.9 Å². The fourth-order valence-electron chi connectivity index (χ4n) is 5.27. The molecule has 0 saturated heterocycles. The van der Waals surface area contributed by atoms with Crippen molar-refractivity contribution in [1.29, 1.82) is 0 Å². The third-order valence-corrected chi connectivity index (χ3v) is 8.17. The van der Waals surface area contributed by atoms with Gasteiger partial charge >= 0.3 is 0 Å². The van der Waals surface area contributed by atoms with E-state index in [9.17, 15) is 0 Å². The Morgan fingerprint density at radius 3 is 2.28 bits per heavy atom. The van der Waals surface area contributed by atoms with Gasteiger partial charge in [0.05, 0.1) is 24.5 Å². The molecule has 0 saturated carbocycles. The Balaban J connectivity index is 1.50. The summed E-state index contributed by atoms with van der Waals surface area (Å²) in [6.07, 6.45) is 2.33. The number of nitrogens with one attached hydrogen (secondary N) is 1. The summed E-state index contributed by atoms with van der Waals surface area (Å²) in [5.74, 6) is 0. The van der Waals surface area contributed by atoms with Gasteiger partial charge in [-0.25, -0.2) is 4.99 Å². The highest BCUT2D eigenvalue weighted by molar-refractivity contribution is 8.16. The van der Waals surface area contributed by atoms with Crippen LogP contribution in [0.5, 0.6) is 0 Å². The van der Waals surface area contributed by atoms with E-state index in [1.54, 1.807) is 11.8 Å². The number of rotatable bonds is 3. The van der Waals surface area contributed by atoms with E-state index in [1.165, 1.54) is 44.0 Å². The van der Waals surface area contributed by atoms with E-state index in [1.807, 2.05) is 12.1 Å². The first-order valence-electron chi connectivity index (χ1n) is 12.4. The molecule has 0 bridgehead atoms. The number of amidine groups is 1. The van der Waals surface area contributed by atoms with Crippen molar-refractivity contribution in [2.24, 2.45) is 4.99 Å². The topological polar surface area (TPSA) is 20.0 Å². The summed E-state index contributed by atoms with van der Waals surface area (Å²) < 4.78 is 0. The third-order valence-electron chi connectivity index (χ3n) is 7.08. The second-order valence-corrected chi connectivity index (χ2v) is 11.2. The summed E-state index contributed by atoms with van der Waals surface area (Å²) in [6.45, 7) is 6.21. The number of quaternary nitrogens is 1. The van der Waals surface area contributed by atoms with Gasteiger partial charge in [0.25, 0.3) is 0 Å². The molecule has 36 heavy (non-hydrogen) atoms. The number of hydrogen-bond donors (Lipinski definition) is 1. The first-order chi connectivity index (χ1) is 17.5. The van der Waals surface area contributed by atoms with Gasteiger partial charge in [0.2, 0.25) is 0 Å². The van der Waals surface area contributed by atoms with Gasteiger partial charge in [-0.1, -0.05) is 95.2 Å². The van der Waals surface area contributed by atoms with Crippen molar-refractivity contribution in [3.05, 3.63) is 128 Å². The molecule has 3 heterocycles. The summed E-state index contributed by atoms with van der Waals surface area (Å²) in [7, 11) is 2.28. The van der Waals surface area contributed by atoms with Gasteiger partial charge in [-0.2, -0.15) is 0 Å². The number of aliphatic imine (C=N–C) groups is 1. The van der Waals surface area contributed by atoms with Crippen LogP contribution in [-0.4, -0.2) is 30.2 Å². The molecular weight excluding hydrogens is 482 g/mol. The van der Waals surface area contributed by atoms with Gasteiger partial charge in [0.15, 0.2) is 5.17 Å². The predicted molar refractivity (Wildman–Crippen MR) is 153 cm³/mol. The van der Waals surface area contributed by atoms with Crippen LogP contribution in [0.3, 0.4) is 0 Å². The van der Waals surface area contributed by atoms with Crippen molar-refractivity contribution in [2.45, 2.75) is 19.9 Å². The van der Waals surface area contributed by atoms with Crippen LogP contribution in [0, 0.1) is 13.8 Å². The number of fused-ring (bicyclic) bond motifs is 1. The Morgan fingerprint density at radius 1 is 0.917 bits per heavy atom. The van der Waals surface area contributed by atoms with Crippen molar-refractivity contribution in [1.82, 2.24) is 4.90 Å². The molecule has 5 heteroatoms. The lowest BCUT2D eigenvalue weighted by Crippen LogP contribution is -3.10. The van der Waals surface area contributed by atoms with Crippen molar-refractivity contribution in [3.63, 3.8) is 0 Å². The highest BCUT2D eigenvalue weighted by Crippen LogP contribution is 2.48. The van der Waals surface area contributed by atoms with Crippen molar-refractivity contribution in [2.75, 3.05) is 20.1 Å². The second kappa shape index (κ2) is 9.44. The molecule has 0 amide bonds. The maximum Gasteiger partial charge on any atom is 0.174 e. The molecule has 1 unspecified atom stereocenters. The number of benzene rings is 3. The zero-order valence-electron chi connectivity index (χ0n) is 20.8. The Morgan fingerprint density at radius 2 is 1.58 bits per heavy atom. The van der Waals surface area contributed by atoms with Crippen LogP contribution in [0.4, 0.5) is 0 Å². The van der Waals surface area contributed by atoms with Gasteiger partial charge in [-0.15, -0.1) is 0 Å². The number of aryl methyl sites for hydroxylation is 2. The minimum atomic E-state index is 0.0988. The average molecular weight is 511 g/mol. The minimum absolute atomic E-state index is 0.0988. The van der Waals surface area contributed by atoms with Gasteiger partial charge < -0.3 is 9.80 Å². The summed E-state index contributed by atoms with van der Waals surface area (Å²) in [4.78, 5) is 9.22. The molecule has 0 spiro atoms. The summed E-state index contributed by atoms with van der Waals surface area (Å²) >= 11 is 7.93. The van der Waals surface area contributed by atoms with Crippen LogP contribution < -0.4 is 4.90 Å². The van der Waals surface area contributed by atoms with Crippen molar-refractivity contribution in [3.8, 4) is 0 Å². The van der Waals surface area contributed by atoms with E-state index in [2.05, 4.69) is 97.9 Å². The van der Waals surface area contributed by atoms with E-state index >= 15 is 0 Å². The van der Waals surface area contributed by atoms with Gasteiger partial charge in [-0.3, -0.25) is 0 Å². The quantitative estimate of drug-likeness (QED) is 0.447. The monoisotopic (exact) mass is 510 g/mol. The highest BCUT2D eigenvalue weighted by atomic mass is 35.5. The zero-order chi connectivity index (χ0) is 24.8. The molecule has 3 aliphatic rings. The Bertz CT molecular complexity index is 1430. The number of nitrogens with zero attached hydrogens (tertiary/aromatic N) is 2. The summed E-state index contributed by atoms with van der Waals surface area (Å²) in [6, 6.07) is 26.0. The fourth-order valence-corrected chi connectivity index (χ4v) is 6.33. The lowest BCUT2D eigenvalue weighted by atomic mass is 9.87. The molecule has 0 radical (unpaired) electrons. The molecule has 0 aromatic heterocycles. The second-order valence-electron chi connectivity index (χ2n) is 9.97. The minimum Gasteiger partial charge on any atom is -0.330 e. The number of thioether (sulfide) groups is 1.